The first-order chi connectivity index (χ1) is 16.3. The maximum absolute atomic E-state index is 13.2. The van der Waals surface area contributed by atoms with E-state index in [1.54, 1.807) is 12.1 Å². The van der Waals surface area contributed by atoms with Crippen molar-refractivity contribution in [1.82, 2.24) is 4.90 Å². The van der Waals surface area contributed by atoms with Crippen LogP contribution in [0.25, 0.3) is 0 Å². The number of fused-ring (bicyclic) bond motifs is 1. The fourth-order valence-electron chi connectivity index (χ4n) is 4.90. The van der Waals surface area contributed by atoms with Gasteiger partial charge in [-0.1, -0.05) is 35.9 Å². The zero-order valence-electron chi connectivity index (χ0n) is 19.3. The van der Waals surface area contributed by atoms with Crippen molar-refractivity contribution < 1.29 is 19.1 Å². The van der Waals surface area contributed by atoms with Crippen LogP contribution in [0.2, 0.25) is 5.02 Å². The number of nitrogens with zero attached hydrogens (tertiary/aromatic N) is 1. The van der Waals surface area contributed by atoms with Crippen LogP contribution < -0.4 is 9.47 Å². The van der Waals surface area contributed by atoms with Gasteiger partial charge < -0.3 is 14.4 Å². The Morgan fingerprint density at radius 3 is 2.44 bits per heavy atom. The van der Waals surface area contributed by atoms with E-state index in [0.29, 0.717) is 60.0 Å². The standard InChI is InChI=1S/C28H26ClNO4/c1-18-15-24-25(19(2)26(18)29)23(31)17-28(34-24)11-13-30(14-12-28)27(32)20-7-6-10-22(16-20)33-21-8-4-3-5-9-21/h3-10,15-16H,11-14,17H2,1-2H3. The Labute approximate surface area is 204 Å². The van der Waals surface area contributed by atoms with Crippen molar-refractivity contribution in [2.75, 3.05) is 13.1 Å². The van der Waals surface area contributed by atoms with E-state index in [1.165, 1.54) is 0 Å². The molecule has 0 aliphatic carbocycles. The molecule has 0 radical (unpaired) electrons. The third kappa shape index (κ3) is 4.16. The maximum atomic E-state index is 13.2. The lowest BCUT2D eigenvalue weighted by Crippen LogP contribution is -2.52. The first kappa shape index (κ1) is 22.5. The number of carbonyl (C=O) groups excluding carboxylic acids is 2. The van der Waals surface area contributed by atoms with Crippen LogP contribution in [-0.4, -0.2) is 35.3 Å². The molecule has 1 saturated heterocycles. The summed E-state index contributed by atoms with van der Waals surface area (Å²) in [6, 6.07) is 18.6. The van der Waals surface area contributed by atoms with Crippen molar-refractivity contribution in [2.45, 2.75) is 38.7 Å². The number of para-hydroxylation sites is 1. The van der Waals surface area contributed by atoms with E-state index in [9.17, 15) is 9.59 Å². The number of hydrogen-bond donors (Lipinski definition) is 0. The van der Waals surface area contributed by atoms with Gasteiger partial charge in [-0.05, 0) is 61.4 Å². The first-order valence-electron chi connectivity index (χ1n) is 11.5. The number of halogens is 1. The Morgan fingerprint density at radius 1 is 1.00 bits per heavy atom. The topological polar surface area (TPSA) is 55.8 Å². The van der Waals surface area contributed by atoms with Crippen LogP contribution in [0.4, 0.5) is 0 Å². The molecule has 1 amide bonds. The lowest BCUT2D eigenvalue weighted by molar-refractivity contribution is -0.00581. The van der Waals surface area contributed by atoms with Crippen molar-refractivity contribution in [2.24, 2.45) is 0 Å². The predicted octanol–water partition coefficient (Wildman–Crippen LogP) is 6.39. The van der Waals surface area contributed by atoms with Crippen molar-refractivity contribution in [3.63, 3.8) is 0 Å². The molecule has 174 valence electrons. The third-order valence-electron chi connectivity index (χ3n) is 6.75. The molecular formula is C28H26ClNO4. The number of hydrogen-bond acceptors (Lipinski definition) is 4. The largest absolute Gasteiger partial charge is 0.486 e. The van der Waals surface area contributed by atoms with Gasteiger partial charge in [-0.15, -0.1) is 0 Å². The van der Waals surface area contributed by atoms with Gasteiger partial charge in [0.25, 0.3) is 5.91 Å². The van der Waals surface area contributed by atoms with Crippen molar-refractivity contribution in [1.29, 1.82) is 0 Å². The van der Waals surface area contributed by atoms with Gasteiger partial charge >= 0.3 is 0 Å². The molecule has 3 aromatic carbocycles. The minimum atomic E-state index is -0.578. The van der Waals surface area contributed by atoms with Gasteiger partial charge in [-0.2, -0.15) is 0 Å². The average molecular weight is 476 g/mol. The quantitative estimate of drug-likeness (QED) is 0.440. The summed E-state index contributed by atoms with van der Waals surface area (Å²) < 4.78 is 12.3. The number of ketones is 1. The van der Waals surface area contributed by atoms with Gasteiger partial charge in [-0.3, -0.25) is 9.59 Å². The van der Waals surface area contributed by atoms with E-state index >= 15 is 0 Å². The second kappa shape index (κ2) is 8.80. The van der Waals surface area contributed by atoms with Crippen LogP contribution in [-0.2, 0) is 0 Å². The Morgan fingerprint density at radius 2 is 1.71 bits per heavy atom. The van der Waals surface area contributed by atoms with Crippen LogP contribution in [0, 0.1) is 13.8 Å². The number of amides is 1. The molecule has 2 heterocycles. The third-order valence-corrected chi connectivity index (χ3v) is 7.34. The van der Waals surface area contributed by atoms with E-state index in [0.717, 1.165) is 16.9 Å². The van der Waals surface area contributed by atoms with Gasteiger partial charge in [0.2, 0.25) is 0 Å². The van der Waals surface area contributed by atoms with Gasteiger partial charge in [0.05, 0.1) is 12.0 Å². The van der Waals surface area contributed by atoms with Gasteiger partial charge in [-0.25, -0.2) is 0 Å². The Bertz CT molecular complexity index is 1260. The number of Topliss-reactive ketones (excluding diaryl/α,β-unsaturated/α-hetero) is 1. The van der Waals surface area contributed by atoms with E-state index < -0.39 is 5.60 Å². The molecule has 0 atom stereocenters. The highest BCUT2D eigenvalue weighted by Crippen LogP contribution is 2.43. The van der Waals surface area contributed by atoms with E-state index in [-0.39, 0.29) is 11.7 Å². The molecule has 0 saturated carbocycles. The molecule has 1 spiro atoms. The lowest BCUT2D eigenvalue weighted by atomic mass is 9.81. The maximum Gasteiger partial charge on any atom is 0.253 e. The molecule has 6 heteroatoms. The molecule has 0 unspecified atom stereocenters. The van der Waals surface area contributed by atoms with Crippen LogP contribution in [0.15, 0.2) is 60.7 Å². The molecule has 1 fully saturated rings. The highest BCUT2D eigenvalue weighted by molar-refractivity contribution is 6.32. The van der Waals surface area contributed by atoms with Crippen LogP contribution >= 0.6 is 11.6 Å². The van der Waals surface area contributed by atoms with Crippen LogP contribution in [0.5, 0.6) is 17.2 Å². The second-order valence-corrected chi connectivity index (χ2v) is 9.50. The van der Waals surface area contributed by atoms with Crippen molar-refractivity contribution >= 4 is 23.3 Å². The molecule has 5 rings (SSSR count). The summed E-state index contributed by atoms with van der Waals surface area (Å²) in [5, 5.41) is 0.616. The molecule has 2 aliphatic rings. The van der Waals surface area contributed by atoms with Gasteiger partial charge in [0, 0.05) is 36.5 Å². The fourth-order valence-corrected chi connectivity index (χ4v) is 5.04. The number of aryl methyl sites for hydroxylation is 1. The Hall–Kier alpha value is -3.31. The Balaban J connectivity index is 1.29. The molecule has 3 aromatic rings. The highest BCUT2D eigenvalue weighted by Gasteiger charge is 2.44. The highest BCUT2D eigenvalue weighted by atomic mass is 35.5. The Kier molecular flexibility index (Phi) is 5.82. The number of likely N-dealkylation sites (tertiary alicyclic amines) is 1. The smallest absolute Gasteiger partial charge is 0.253 e. The lowest BCUT2D eigenvalue weighted by Gasteiger charge is -2.44. The SMILES string of the molecule is Cc1cc2c(c(C)c1Cl)C(=O)CC1(CCN(C(=O)c3cccc(Oc4ccccc4)c3)CC1)O2. The summed E-state index contributed by atoms with van der Waals surface area (Å²) in [5.74, 6) is 1.97. The van der Waals surface area contributed by atoms with E-state index in [2.05, 4.69) is 0 Å². The molecule has 34 heavy (non-hydrogen) atoms. The minimum absolute atomic E-state index is 0.0469. The van der Waals surface area contributed by atoms with E-state index in [1.807, 2.05) is 67.3 Å². The molecule has 0 aromatic heterocycles. The first-order valence-corrected chi connectivity index (χ1v) is 11.9. The monoisotopic (exact) mass is 475 g/mol. The summed E-state index contributed by atoms with van der Waals surface area (Å²) in [7, 11) is 0. The predicted molar refractivity (Wildman–Crippen MR) is 131 cm³/mol. The second-order valence-electron chi connectivity index (χ2n) is 9.13. The van der Waals surface area contributed by atoms with Crippen molar-refractivity contribution in [3.8, 4) is 17.2 Å². The fraction of sp³-hybridized carbons (Fsp3) is 0.286. The number of carbonyl (C=O) groups is 2. The zero-order valence-corrected chi connectivity index (χ0v) is 20.0. The summed E-state index contributed by atoms with van der Waals surface area (Å²) in [6.07, 6.45) is 1.51. The molecule has 0 bridgehead atoms. The summed E-state index contributed by atoms with van der Waals surface area (Å²) in [4.78, 5) is 28.1. The van der Waals surface area contributed by atoms with E-state index in [4.69, 9.17) is 21.1 Å². The number of ether oxygens (including phenoxy) is 2. The summed E-state index contributed by atoms with van der Waals surface area (Å²) in [6.45, 7) is 4.83. The van der Waals surface area contributed by atoms with Gasteiger partial charge in [0.15, 0.2) is 5.78 Å². The molecular weight excluding hydrogens is 450 g/mol. The molecule has 0 N–H and O–H groups in total. The zero-order chi connectivity index (χ0) is 23.9. The summed E-state index contributed by atoms with van der Waals surface area (Å²) in [5.41, 5.74) is 2.27. The summed E-state index contributed by atoms with van der Waals surface area (Å²) >= 11 is 6.36. The van der Waals surface area contributed by atoms with Crippen LogP contribution in [0.3, 0.4) is 0 Å². The minimum Gasteiger partial charge on any atom is -0.486 e. The van der Waals surface area contributed by atoms with Crippen LogP contribution in [0.1, 0.15) is 51.1 Å². The number of rotatable bonds is 3. The van der Waals surface area contributed by atoms with Gasteiger partial charge in [0.1, 0.15) is 22.8 Å². The van der Waals surface area contributed by atoms with Crippen molar-refractivity contribution in [3.05, 3.63) is 87.9 Å². The molecule has 5 nitrogen and oxygen atoms in total. The average Bonchev–Trinajstić information content (AvgIpc) is 2.83. The molecule has 2 aliphatic heterocycles. The number of benzene rings is 3. The normalized spacial score (nSPS) is 16.7. The number of piperidine rings is 1.